The standard InChI is InChI=1S/C2H3N.F6P.Na/c1-2-3;1-7(2,3,4,5)6;/h1H3;;/q;-1;+1. The maximum Gasteiger partial charge on any atom is 1.00 e. The van der Waals surface area contributed by atoms with Gasteiger partial charge in [0.15, 0.2) is 0 Å². The topological polar surface area (TPSA) is 23.8 Å². The Morgan fingerprint density at radius 2 is 1.00 bits per heavy atom. The first-order valence-electron chi connectivity index (χ1n) is 1.74. The van der Waals surface area contributed by atoms with E-state index in [2.05, 4.69) is 0 Å². The third-order valence-electron chi connectivity index (χ3n) is 0. The van der Waals surface area contributed by atoms with Crippen LogP contribution >= 0.6 is 7.81 Å². The van der Waals surface area contributed by atoms with Gasteiger partial charge in [-0.3, -0.25) is 0 Å². The van der Waals surface area contributed by atoms with Gasteiger partial charge in [0, 0.05) is 6.92 Å². The van der Waals surface area contributed by atoms with Gasteiger partial charge < -0.3 is 0 Å². The first kappa shape index (κ1) is 17.5. The molecule has 11 heavy (non-hydrogen) atoms. The molecule has 0 aliphatic rings. The molecule has 0 amide bonds. The normalized spacial score (nSPS) is 15.5. The number of halogens is 6. The molecular weight excluding hydrogens is 206 g/mol. The average Bonchev–Trinajstić information content (AvgIpc) is 1.20. The zero-order valence-corrected chi connectivity index (χ0v) is 8.56. The molecule has 0 aliphatic carbocycles. The van der Waals surface area contributed by atoms with Gasteiger partial charge in [0.1, 0.15) is 0 Å². The largest absolute Gasteiger partial charge is 1.00 e. The van der Waals surface area contributed by atoms with Crippen LogP contribution in [0.2, 0.25) is 0 Å². The molecule has 0 unspecified atom stereocenters. The fourth-order valence-corrected chi connectivity index (χ4v) is 0. The molecule has 0 radical (unpaired) electrons. The average molecular weight is 209 g/mol. The smallest absolute Gasteiger partial charge is 1.00 e. The molecule has 0 saturated heterocycles. The van der Waals surface area contributed by atoms with E-state index < -0.39 is 7.81 Å². The minimum absolute atomic E-state index is 0. The van der Waals surface area contributed by atoms with E-state index in [4.69, 9.17) is 5.26 Å². The Morgan fingerprint density at radius 1 is 1.00 bits per heavy atom. The zero-order valence-electron chi connectivity index (χ0n) is 5.66. The molecule has 9 heteroatoms. The minimum Gasteiger partial charge on any atom is 1.00 e. The predicted octanol–water partition coefficient (Wildman–Crippen LogP) is 0.916. The molecule has 0 fully saturated rings. The van der Waals surface area contributed by atoms with Crippen molar-refractivity contribution in [2.24, 2.45) is 0 Å². The predicted molar refractivity (Wildman–Crippen MR) is 24.9 cm³/mol. The summed E-state index contributed by atoms with van der Waals surface area (Å²) in [5.41, 5.74) is 0. The Balaban J connectivity index is -0.000000140. The third kappa shape index (κ3) is 3030. The summed E-state index contributed by atoms with van der Waals surface area (Å²) in [6.07, 6.45) is 0. The summed E-state index contributed by atoms with van der Waals surface area (Å²) < 4.78 is 59.2. The fraction of sp³-hybridized carbons (Fsp3) is 0.500. The number of hydrogen-bond donors (Lipinski definition) is 0. The summed E-state index contributed by atoms with van der Waals surface area (Å²) in [4.78, 5) is 0. The van der Waals surface area contributed by atoms with Crippen molar-refractivity contribution in [3.8, 4) is 6.07 Å². The first-order valence-corrected chi connectivity index (χ1v) is 3.77. The van der Waals surface area contributed by atoms with Crippen molar-refractivity contribution in [1.29, 1.82) is 5.26 Å². The van der Waals surface area contributed by atoms with Crippen molar-refractivity contribution in [2.45, 2.75) is 6.92 Å². The molecule has 0 bridgehead atoms. The SMILES string of the molecule is CC#N.F[P-](F)(F)(F)(F)F.[Na+]. The number of rotatable bonds is 0. The maximum atomic E-state index is 9.87. The Morgan fingerprint density at radius 3 is 1.00 bits per heavy atom. The van der Waals surface area contributed by atoms with Crippen LogP contribution in [0.4, 0.5) is 25.2 Å². The van der Waals surface area contributed by atoms with E-state index in [-0.39, 0.29) is 29.6 Å². The molecule has 0 aliphatic heterocycles. The molecule has 64 valence electrons. The van der Waals surface area contributed by atoms with Gasteiger partial charge in [0.25, 0.3) is 0 Å². The van der Waals surface area contributed by atoms with Gasteiger partial charge in [-0.05, 0) is 0 Å². The van der Waals surface area contributed by atoms with Crippen LogP contribution in [-0.2, 0) is 0 Å². The summed E-state index contributed by atoms with van der Waals surface area (Å²) in [5.74, 6) is 0. The van der Waals surface area contributed by atoms with Crippen LogP contribution < -0.4 is 29.6 Å². The van der Waals surface area contributed by atoms with Gasteiger partial charge in [-0.2, -0.15) is 5.26 Å². The van der Waals surface area contributed by atoms with Gasteiger partial charge >= 0.3 is 62.5 Å². The van der Waals surface area contributed by atoms with Gasteiger partial charge in [-0.25, -0.2) is 0 Å². The molecule has 0 saturated carbocycles. The van der Waals surface area contributed by atoms with Crippen LogP contribution in [0.3, 0.4) is 0 Å². The van der Waals surface area contributed by atoms with E-state index in [0.717, 1.165) is 0 Å². The zero-order chi connectivity index (χ0) is 9.12. The molecule has 0 N–H and O–H groups in total. The van der Waals surface area contributed by atoms with Crippen molar-refractivity contribution in [2.75, 3.05) is 0 Å². The van der Waals surface area contributed by atoms with Crippen LogP contribution in [0, 0.1) is 11.3 Å². The van der Waals surface area contributed by atoms with Gasteiger partial charge in [0.2, 0.25) is 0 Å². The summed E-state index contributed by atoms with van der Waals surface area (Å²) >= 11 is 0. The maximum absolute atomic E-state index is 10.7. The van der Waals surface area contributed by atoms with Crippen LogP contribution in [0.15, 0.2) is 0 Å². The number of nitrogens with zero attached hydrogens (tertiary/aromatic N) is 1. The molecule has 0 atom stereocenters. The van der Waals surface area contributed by atoms with Crippen LogP contribution in [0.5, 0.6) is 0 Å². The molecule has 0 aromatic carbocycles. The number of nitriles is 1. The summed E-state index contributed by atoms with van der Waals surface area (Å²) in [5, 5.41) is 7.32. The Bertz CT molecular complexity index is 137. The van der Waals surface area contributed by atoms with Gasteiger partial charge in [-0.1, -0.05) is 0 Å². The van der Waals surface area contributed by atoms with E-state index in [1.54, 1.807) is 6.07 Å². The van der Waals surface area contributed by atoms with Crippen molar-refractivity contribution in [3.05, 3.63) is 0 Å². The second-order valence-corrected chi connectivity index (χ2v) is 3.10. The third-order valence-corrected chi connectivity index (χ3v) is 0. The van der Waals surface area contributed by atoms with Crippen LogP contribution in [-0.4, -0.2) is 0 Å². The first-order chi connectivity index (χ1) is 3.86. The molecule has 0 rings (SSSR count). The van der Waals surface area contributed by atoms with Crippen LogP contribution in [0.25, 0.3) is 0 Å². The monoisotopic (exact) mass is 209 g/mol. The van der Waals surface area contributed by atoms with E-state index >= 15 is 0 Å². The van der Waals surface area contributed by atoms with E-state index in [9.17, 15) is 25.2 Å². The molecule has 0 spiro atoms. The van der Waals surface area contributed by atoms with Crippen molar-refractivity contribution in [3.63, 3.8) is 0 Å². The van der Waals surface area contributed by atoms with Gasteiger partial charge in [-0.15, -0.1) is 0 Å². The fourth-order valence-electron chi connectivity index (χ4n) is 0. The van der Waals surface area contributed by atoms with Crippen molar-refractivity contribution >= 4 is 7.81 Å². The van der Waals surface area contributed by atoms with Crippen molar-refractivity contribution in [1.82, 2.24) is 0 Å². The van der Waals surface area contributed by atoms with E-state index in [1.165, 1.54) is 6.92 Å². The molecule has 0 aromatic rings. The minimum atomic E-state index is -10.7. The number of hydrogen-bond acceptors (Lipinski definition) is 1. The van der Waals surface area contributed by atoms with Crippen LogP contribution in [0.1, 0.15) is 6.92 Å². The second-order valence-electron chi connectivity index (χ2n) is 1.18. The van der Waals surface area contributed by atoms with Gasteiger partial charge in [0.05, 0.1) is 6.07 Å². The summed E-state index contributed by atoms with van der Waals surface area (Å²) in [6.45, 7) is 1.43. The molecule has 1 nitrogen and oxygen atoms in total. The molecule has 0 aromatic heterocycles. The summed E-state index contributed by atoms with van der Waals surface area (Å²) in [6, 6.07) is 1.75. The Labute approximate surface area is 80.9 Å². The Hall–Kier alpha value is 0.500. The van der Waals surface area contributed by atoms with Crippen molar-refractivity contribution < 1.29 is 54.7 Å². The quantitative estimate of drug-likeness (QED) is 0.330. The summed E-state index contributed by atoms with van der Waals surface area (Å²) in [7, 11) is -10.7. The van der Waals surface area contributed by atoms with E-state index in [1.807, 2.05) is 0 Å². The Kier molecular flexibility index (Phi) is 5.55. The van der Waals surface area contributed by atoms with E-state index in [0.29, 0.717) is 0 Å². The molecular formula is C2H3F6NNaP. The molecule has 0 heterocycles. The second kappa shape index (κ2) is 3.48.